The van der Waals surface area contributed by atoms with Crippen LogP contribution in [0.2, 0.25) is 0 Å². The number of likely N-dealkylation sites (tertiary alicyclic amines) is 1. The van der Waals surface area contributed by atoms with E-state index in [9.17, 15) is 19.5 Å². The molecule has 1 aromatic carbocycles. The Kier molecular flexibility index (Phi) is 5.27. The van der Waals surface area contributed by atoms with Crippen LogP contribution in [0.4, 0.5) is 0 Å². The minimum absolute atomic E-state index is 0.103. The van der Waals surface area contributed by atoms with E-state index in [2.05, 4.69) is 10.6 Å². The molecule has 1 saturated heterocycles. The van der Waals surface area contributed by atoms with Gasteiger partial charge in [0, 0.05) is 20.1 Å². The van der Waals surface area contributed by atoms with Crippen molar-refractivity contribution in [2.45, 2.75) is 25.3 Å². The smallest absolute Gasteiger partial charge is 0.311 e. The van der Waals surface area contributed by atoms with Crippen molar-refractivity contribution in [3.63, 3.8) is 0 Å². The number of rotatable bonds is 6. The maximum Gasteiger partial charge on any atom is 0.311 e. The standard InChI is InChI=1S/C19H25N3O4/c1-20-17(24)16(13-6-3-2-4-7-13)21-15(23)11-22-10-14-8-5-9-19(14,12-22)18(25)26/h2-4,6-7,14,16H,5,8-12H2,1H3,(H,20,24)(H,21,23)(H,25,26)/t14-,16?,19+/m0/s1. The Hall–Kier alpha value is -2.41. The van der Waals surface area contributed by atoms with Crippen LogP contribution in [-0.4, -0.2) is 54.5 Å². The number of aliphatic carboxylic acids is 1. The third kappa shape index (κ3) is 3.44. The van der Waals surface area contributed by atoms with Gasteiger partial charge in [-0.1, -0.05) is 36.8 Å². The first kappa shape index (κ1) is 18.4. The lowest BCUT2D eigenvalue weighted by molar-refractivity contribution is -0.149. The second-order valence-electron chi connectivity index (χ2n) is 7.25. The molecule has 1 aromatic rings. The highest BCUT2D eigenvalue weighted by molar-refractivity contribution is 5.89. The Morgan fingerprint density at radius 3 is 2.65 bits per heavy atom. The van der Waals surface area contributed by atoms with Crippen molar-refractivity contribution < 1.29 is 19.5 Å². The number of carbonyl (C=O) groups excluding carboxylic acids is 2. The molecule has 3 N–H and O–H groups in total. The average molecular weight is 359 g/mol. The Morgan fingerprint density at radius 2 is 2.04 bits per heavy atom. The number of carbonyl (C=O) groups is 3. The lowest BCUT2D eigenvalue weighted by Crippen LogP contribution is -2.44. The maximum absolute atomic E-state index is 12.5. The Morgan fingerprint density at radius 1 is 1.31 bits per heavy atom. The second kappa shape index (κ2) is 7.45. The van der Waals surface area contributed by atoms with E-state index in [1.807, 2.05) is 23.1 Å². The molecule has 1 unspecified atom stereocenters. The number of carboxylic acid groups (broad SMARTS) is 1. The molecule has 0 radical (unpaired) electrons. The largest absolute Gasteiger partial charge is 0.481 e. The first-order chi connectivity index (χ1) is 12.5. The van der Waals surface area contributed by atoms with Crippen LogP contribution in [0.3, 0.4) is 0 Å². The van der Waals surface area contributed by atoms with E-state index >= 15 is 0 Å². The molecule has 0 spiro atoms. The predicted octanol–water partition coefficient (Wildman–Crippen LogP) is 0.777. The highest BCUT2D eigenvalue weighted by atomic mass is 16.4. The zero-order valence-corrected chi connectivity index (χ0v) is 14.9. The summed E-state index contributed by atoms with van der Waals surface area (Å²) in [5.74, 6) is -1.21. The number of amides is 2. The van der Waals surface area contributed by atoms with E-state index in [-0.39, 0.29) is 24.3 Å². The first-order valence-corrected chi connectivity index (χ1v) is 8.98. The fourth-order valence-corrected chi connectivity index (χ4v) is 4.36. The monoisotopic (exact) mass is 359 g/mol. The van der Waals surface area contributed by atoms with Gasteiger partial charge in [0.05, 0.1) is 12.0 Å². The summed E-state index contributed by atoms with van der Waals surface area (Å²) in [6, 6.07) is 8.30. The fourth-order valence-electron chi connectivity index (χ4n) is 4.36. The lowest BCUT2D eigenvalue weighted by atomic mass is 9.81. The normalized spacial score (nSPS) is 26.1. The minimum Gasteiger partial charge on any atom is -0.481 e. The van der Waals surface area contributed by atoms with Gasteiger partial charge >= 0.3 is 5.97 Å². The Balaban J connectivity index is 1.65. The van der Waals surface area contributed by atoms with Gasteiger partial charge in [-0.25, -0.2) is 0 Å². The summed E-state index contributed by atoms with van der Waals surface area (Å²) in [4.78, 5) is 38.3. The lowest BCUT2D eigenvalue weighted by Gasteiger charge is -2.24. The highest BCUT2D eigenvalue weighted by Gasteiger charge is 2.54. The van der Waals surface area contributed by atoms with Crippen LogP contribution in [-0.2, 0) is 14.4 Å². The molecule has 7 heteroatoms. The number of fused-ring (bicyclic) bond motifs is 1. The van der Waals surface area contributed by atoms with Gasteiger partial charge in [0.25, 0.3) is 0 Å². The Bertz CT molecular complexity index is 693. The van der Waals surface area contributed by atoms with Gasteiger partial charge in [0.15, 0.2) is 0 Å². The van der Waals surface area contributed by atoms with Crippen LogP contribution in [0.5, 0.6) is 0 Å². The van der Waals surface area contributed by atoms with Crippen molar-refractivity contribution >= 4 is 17.8 Å². The van der Waals surface area contributed by atoms with Gasteiger partial charge in [-0.3, -0.25) is 19.3 Å². The second-order valence-corrected chi connectivity index (χ2v) is 7.25. The first-order valence-electron chi connectivity index (χ1n) is 8.98. The fraction of sp³-hybridized carbons (Fsp3) is 0.526. The number of nitrogens with one attached hydrogen (secondary N) is 2. The molecule has 1 heterocycles. The molecule has 2 aliphatic rings. The Labute approximate surface area is 152 Å². The van der Waals surface area contributed by atoms with E-state index in [0.717, 1.165) is 12.8 Å². The van der Waals surface area contributed by atoms with E-state index in [0.29, 0.717) is 25.1 Å². The van der Waals surface area contributed by atoms with E-state index in [1.54, 1.807) is 12.1 Å². The summed E-state index contributed by atoms with van der Waals surface area (Å²) in [5.41, 5.74) is 0.000367. The molecule has 2 fully saturated rings. The van der Waals surface area contributed by atoms with Crippen LogP contribution in [0.25, 0.3) is 0 Å². The molecule has 0 bridgehead atoms. The molecular formula is C19H25N3O4. The predicted molar refractivity (Wildman–Crippen MR) is 95.2 cm³/mol. The molecule has 7 nitrogen and oxygen atoms in total. The van der Waals surface area contributed by atoms with Crippen molar-refractivity contribution in [3.05, 3.63) is 35.9 Å². The van der Waals surface area contributed by atoms with Crippen LogP contribution in [0.15, 0.2) is 30.3 Å². The minimum atomic E-state index is -0.760. The average Bonchev–Trinajstić information content (AvgIpc) is 3.17. The third-order valence-electron chi connectivity index (χ3n) is 5.68. The molecule has 2 amide bonds. The molecule has 1 saturated carbocycles. The number of hydrogen-bond donors (Lipinski definition) is 3. The summed E-state index contributed by atoms with van der Waals surface area (Å²) >= 11 is 0. The van der Waals surface area contributed by atoms with Gasteiger partial charge in [-0.05, 0) is 24.3 Å². The molecule has 0 aromatic heterocycles. The molecule has 26 heavy (non-hydrogen) atoms. The van der Waals surface area contributed by atoms with E-state index in [4.69, 9.17) is 0 Å². The summed E-state index contributed by atoms with van der Waals surface area (Å²) < 4.78 is 0. The summed E-state index contributed by atoms with van der Waals surface area (Å²) in [6.07, 6.45) is 2.51. The van der Waals surface area contributed by atoms with Gasteiger partial charge in [0.1, 0.15) is 6.04 Å². The topological polar surface area (TPSA) is 98.7 Å². The molecule has 1 aliphatic heterocycles. The maximum atomic E-state index is 12.5. The number of benzene rings is 1. The number of nitrogens with zero attached hydrogens (tertiary/aromatic N) is 1. The summed E-state index contributed by atoms with van der Waals surface area (Å²) in [7, 11) is 1.53. The molecular weight excluding hydrogens is 334 g/mol. The van der Waals surface area contributed by atoms with Crippen molar-refractivity contribution in [3.8, 4) is 0 Å². The van der Waals surface area contributed by atoms with Gasteiger partial charge < -0.3 is 15.7 Å². The van der Waals surface area contributed by atoms with Crippen molar-refractivity contribution in [1.82, 2.24) is 15.5 Å². The third-order valence-corrected chi connectivity index (χ3v) is 5.68. The number of likely N-dealkylation sites (N-methyl/N-ethyl adjacent to an activating group) is 1. The van der Waals surface area contributed by atoms with Crippen molar-refractivity contribution in [1.29, 1.82) is 0 Å². The van der Waals surface area contributed by atoms with Crippen LogP contribution < -0.4 is 10.6 Å². The van der Waals surface area contributed by atoms with Gasteiger partial charge in [-0.2, -0.15) is 0 Å². The van der Waals surface area contributed by atoms with Crippen LogP contribution >= 0.6 is 0 Å². The van der Waals surface area contributed by atoms with E-state index in [1.165, 1.54) is 7.05 Å². The van der Waals surface area contributed by atoms with Gasteiger partial charge in [-0.15, -0.1) is 0 Å². The molecule has 1 aliphatic carbocycles. The number of carboxylic acids is 1. The van der Waals surface area contributed by atoms with Crippen molar-refractivity contribution in [2.24, 2.45) is 11.3 Å². The SMILES string of the molecule is CNC(=O)C(NC(=O)CN1C[C@@H]2CCC[C@@]2(C(=O)O)C1)c1ccccc1. The number of hydrogen-bond acceptors (Lipinski definition) is 4. The summed E-state index contributed by atoms with van der Waals surface area (Å²) in [5, 5.41) is 15.0. The van der Waals surface area contributed by atoms with E-state index < -0.39 is 17.4 Å². The molecule has 3 rings (SSSR count). The molecule has 3 atom stereocenters. The highest BCUT2D eigenvalue weighted by Crippen LogP contribution is 2.48. The zero-order valence-electron chi connectivity index (χ0n) is 14.9. The zero-order chi connectivity index (χ0) is 18.7. The summed E-state index contributed by atoms with van der Waals surface area (Å²) in [6.45, 7) is 1.12. The quantitative estimate of drug-likeness (QED) is 0.697. The van der Waals surface area contributed by atoms with Crippen molar-refractivity contribution in [2.75, 3.05) is 26.7 Å². The van der Waals surface area contributed by atoms with Crippen LogP contribution in [0.1, 0.15) is 30.9 Å². The molecule has 140 valence electrons. The van der Waals surface area contributed by atoms with Crippen LogP contribution in [0, 0.1) is 11.3 Å². The van der Waals surface area contributed by atoms with Gasteiger partial charge in [0.2, 0.25) is 11.8 Å².